The third kappa shape index (κ3) is 4.01. The molecule has 6 rings (SSSR count). The summed E-state index contributed by atoms with van der Waals surface area (Å²) in [7, 11) is 0. The van der Waals surface area contributed by atoms with Crippen molar-refractivity contribution in [3.8, 4) is 11.1 Å². The van der Waals surface area contributed by atoms with Gasteiger partial charge in [-0.15, -0.1) is 0 Å². The Labute approximate surface area is 196 Å². The van der Waals surface area contributed by atoms with E-state index >= 15 is 0 Å². The summed E-state index contributed by atoms with van der Waals surface area (Å²) in [5, 5.41) is 7.93. The van der Waals surface area contributed by atoms with E-state index < -0.39 is 0 Å². The second kappa shape index (κ2) is 9.30. The van der Waals surface area contributed by atoms with Crippen LogP contribution in [0.5, 0.6) is 0 Å². The first kappa shape index (κ1) is 21.0. The number of aryl methyl sites for hydroxylation is 1. The van der Waals surface area contributed by atoms with Crippen molar-refractivity contribution in [1.29, 1.82) is 0 Å². The number of hydrogen-bond donors (Lipinski definition) is 0. The molecule has 0 heteroatoms. The molecule has 0 nitrogen and oxygen atoms in total. The molecule has 160 valence electrons. The van der Waals surface area contributed by atoms with E-state index in [1.165, 1.54) is 54.6 Å². The molecule has 0 atom stereocenters. The molecule has 0 aliphatic heterocycles. The molecule has 0 fully saturated rings. The minimum absolute atomic E-state index is 1.10. The molecule has 5 aromatic carbocycles. The van der Waals surface area contributed by atoms with Crippen LogP contribution in [-0.4, -0.2) is 0 Å². The van der Waals surface area contributed by atoms with Crippen LogP contribution in [0.1, 0.15) is 18.9 Å². The van der Waals surface area contributed by atoms with Gasteiger partial charge in [0.05, 0.1) is 0 Å². The van der Waals surface area contributed by atoms with Gasteiger partial charge in [0.1, 0.15) is 0 Å². The Bertz CT molecular complexity index is 1480. The third-order valence-electron chi connectivity index (χ3n) is 6.54. The molecule has 0 heterocycles. The Kier molecular flexibility index (Phi) is 5.91. The van der Waals surface area contributed by atoms with Crippen molar-refractivity contribution < 1.29 is 0 Å². The molecule has 0 spiro atoms. The zero-order valence-corrected chi connectivity index (χ0v) is 19.3. The fraction of sp³-hybridized carbons (Fsp3) is 0.0909. The normalized spacial score (nSPS) is 14.1. The van der Waals surface area contributed by atoms with Crippen LogP contribution in [0.3, 0.4) is 0 Å². The van der Waals surface area contributed by atoms with E-state index in [9.17, 15) is 0 Å². The summed E-state index contributed by atoms with van der Waals surface area (Å²) >= 11 is 0. The standard InChI is InChI=1S/C25H18.C8H10/c1-17-19-11-4-6-14-22(19)25(23-15-7-5-12-20(17)23)24-16-8-10-18-9-2-3-13-21(18)24;1-2-8-6-4-3-5-7-8/h2-16H,1H3;2-6H,7H2,1H3/b;8-2-. The van der Waals surface area contributed by atoms with Crippen molar-refractivity contribution in [2.24, 2.45) is 0 Å². The van der Waals surface area contributed by atoms with Gasteiger partial charge >= 0.3 is 0 Å². The molecule has 0 radical (unpaired) electrons. The molecule has 33 heavy (non-hydrogen) atoms. The molecule has 0 amide bonds. The molecular weight excluding hydrogens is 396 g/mol. The average Bonchev–Trinajstić information content (AvgIpc) is 2.90. The summed E-state index contributed by atoms with van der Waals surface area (Å²) in [5.74, 6) is 0. The Morgan fingerprint density at radius 1 is 0.606 bits per heavy atom. The highest BCUT2D eigenvalue weighted by atomic mass is 14.2. The molecule has 0 aromatic heterocycles. The van der Waals surface area contributed by atoms with Crippen LogP contribution in [0.4, 0.5) is 0 Å². The predicted octanol–water partition coefficient (Wildman–Crippen LogP) is 9.57. The molecule has 0 bridgehead atoms. The largest absolute Gasteiger partial charge is 0.0841 e. The SMILES string of the molecule is C/C=C1/C=CC=CC1.Cc1c2ccccc2c(-c2cccc3ccccc23)c2ccccc12. The molecule has 0 N–H and O–H groups in total. The van der Waals surface area contributed by atoms with E-state index in [1.807, 2.05) is 0 Å². The highest BCUT2D eigenvalue weighted by molar-refractivity contribution is 6.18. The van der Waals surface area contributed by atoms with Gasteiger partial charge in [-0.3, -0.25) is 0 Å². The van der Waals surface area contributed by atoms with E-state index in [0.29, 0.717) is 0 Å². The first-order valence-electron chi connectivity index (χ1n) is 11.6. The van der Waals surface area contributed by atoms with Crippen molar-refractivity contribution in [3.05, 3.63) is 133 Å². The van der Waals surface area contributed by atoms with Gasteiger partial charge in [0.15, 0.2) is 0 Å². The van der Waals surface area contributed by atoms with Crippen molar-refractivity contribution in [2.45, 2.75) is 20.3 Å². The lowest BCUT2D eigenvalue weighted by molar-refractivity contribution is 1.25. The van der Waals surface area contributed by atoms with Gasteiger partial charge in [-0.25, -0.2) is 0 Å². The molecule has 0 unspecified atom stereocenters. The number of fused-ring (bicyclic) bond motifs is 3. The van der Waals surface area contributed by atoms with Crippen LogP contribution in [-0.2, 0) is 0 Å². The van der Waals surface area contributed by atoms with Crippen molar-refractivity contribution in [2.75, 3.05) is 0 Å². The topological polar surface area (TPSA) is 0 Å². The number of rotatable bonds is 1. The van der Waals surface area contributed by atoms with Gasteiger partial charge in [0.25, 0.3) is 0 Å². The van der Waals surface area contributed by atoms with Crippen molar-refractivity contribution in [3.63, 3.8) is 0 Å². The van der Waals surface area contributed by atoms with Gasteiger partial charge in [-0.2, -0.15) is 0 Å². The van der Waals surface area contributed by atoms with Gasteiger partial charge in [0, 0.05) is 0 Å². The summed E-state index contributed by atoms with van der Waals surface area (Å²) in [6.45, 7) is 4.30. The number of benzene rings is 5. The van der Waals surface area contributed by atoms with Gasteiger partial charge < -0.3 is 0 Å². The maximum atomic E-state index is 2.26. The molecule has 0 saturated heterocycles. The molecule has 1 aliphatic carbocycles. The fourth-order valence-corrected chi connectivity index (χ4v) is 4.82. The zero-order valence-electron chi connectivity index (χ0n) is 19.3. The predicted molar refractivity (Wildman–Crippen MR) is 146 cm³/mol. The second-order valence-corrected chi connectivity index (χ2v) is 8.47. The number of hydrogen-bond acceptors (Lipinski definition) is 0. The lowest BCUT2D eigenvalue weighted by atomic mass is 9.87. The lowest BCUT2D eigenvalue weighted by Gasteiger charge is -2.16. The minimum atomic E-state index is 1.10. The van der Waals surface area contributed by atoms with E-state index in [0.717, 1.165) is 6.42 Å². The van der Waals surface area contributed by atoms with Crippen LogP contribution in [0, 0.1) is 6.92 Å². The van der Waals surface area contributed by atoms with E-state index in [-0.39, 0.29) is 0 Å². The van der Waals surface area contributed by atoms with Crippen LogP contribution >= 0.6 is 0 Å². The van der Waals surface area contributed by atoms with Gasteiger partial charge in [-0.05, 0) is 74.8 Å². The maximum Gasteiger partial charge on any atom is -0.00204 e. The molecule has 0 saturated carbocycles. The van der Waals surface area contributed by atoms with Gasteiger partial charge in [-0.1, -0.05) is 121 Å². The Hall–Kier alpha value is -3.90. The quantitative estimate of drug-likeness (QED) is 0.235. The van der Waals surface area contributed by atoms with E-state index in [2.05, 4.69) is 135 Å². The zero-order chi connectivity index (χ0) is 22.6. The Morgan fingerprint density at radius 2 is 1.18 bits per heavy atom. The Morgan fingerprint density at radius 3 is 1.76 bits per heavy atom. The van der Waals surface area contributed by atoms with Crippen LogP contribution in [0.2, 0.25) is 0 Å². The van der Waals surface area contributed by atoms with Crippen LogP contribution in [0.25, 0.3) is 43.4 Å². The summed E-state index contributed by atoms with van der Waals surface area (Å²) in [6.07, 6.45) is 11.7. The van der Waals surface area contributed by atoms with Gasteiger partial charge in [0.2, 0.25) is 0 Å². The summed E-state index contributed by atoms with van der Waals surface area (Å²) < 4.78 is 0. The van der Waals surface area contributed by atoms with E-state index in [4.69, 9.17) is 0 Å². The third-order valence-corrected chi connectivity index (χ3v) is 6.54. The summed E-state index contributed by atoms with van der Waals surface area (Å²) in [4.78, 5) is 0. The first-order chi connectivity index (χ1) is 16.3. The summed E-state index contributed by atoms with van der Waals surface area (Å²) in [5.41, 5.74) is 5.42. The molecular formula is C33H28. The van der Waals surface area contributed by atoms with Crippen molar-refractivity contribution in [1.82, 2.24) is 0 Å². The second-order valence-electron chi connectivity index (χ2n) is 8.47. The highest BCUT2D eigenvalue weighted by Crippen LogP contribution is 2.41. The average molecular weight is 425 g/mol. The monoisotopic (exact) mass is 424 g/mol. The van der Waals surface area contributed by atoms with Crippen molar-refractivity contribution >= 4 is 32.3 Å². The van der Waals surface area contributed by atoms with Crippen LogP contribution < -0.4 is 0 Å². The highest BCUT2D eigenvalue weighted by Gasteiger charge is 2.14. The Balaban J connectivity index is 0.000000243. The van der Waals surface area contributed by atoms with E-state index in [1.54, 1.807) is 0 Å². The molecule has 5 aromatic rings. The maximum absolute atomic E-state index is 2.26. The molecule has 1 aliphatic rings. The fourth-order valence-electron chi connectivity index (χ4n) is 4.82. The lowest BCUT2D eigenvalue weighted by Crippen LogP contribution is -1.90. The smallest absolute Gasteiger partial charge is 0.00204 e. The van der Waals surface area contributed by atoms with Crippen LogP contribution in [0.15, 0.2) is 127 Å². The summed E-state index contributed by atoms with van der Waals surface area (Å²) in [6, 6.07) is 32.8. The minimum Gasteiger partial charge on any atom is -0.0841 e. The number of allylic oxidation sites excluding steroid dienone is 6. The first-order valence-corrected chi connectivity index (χ1v) is 11.6.